The minimum atomic E-state index is -3.50. The van der Waals surface area contributed by atoms with Gasteiger partial charge in [-0.2, -0.15) is 4.31 Å². The van der Waals surface area contributed by atoms with Gasteiger partial charge < -0.3 is 0 Å². The molecule has 6 heteroatoms. The summed E-state index contributed by atoms with van der Waals surface area (Å²) >= 11 is 6.57. The molecule has 1 aromatic rings. The van der Waals surface area contributed by atoms with Gasteiger partial charge in [0.15, 0.2) is 0 Å². The molecule has 0 amide bonds. The van der Waals surface area contributed by atoms with Crippen molar-refractivity contribution in [2.24, 2.45) is 0 Å². The van der Waals surface area contributed by atoms with Gasteiger partial charge in [-0.25, -0.2) is 8.42 Å². The van der Waals surface area contributed by atoms with Gasteiger partial charge in [0.2, 0.25) is 10.0 Å². The van der Waals surface area contributed by atoms with E-state index in [1.807, 2.05) is 13.8 Å². The third-order valence-corrected chi connectivity index (χ3v) is 5.72. The number of sulfonamides is 1. The van der Waals surface area contributed by atoms with Crippen molar-refractivity contribution < 1.29 is 8.42 Å². The molecule has 0 aromatic heterocycles. The Bertz CT molecular complexity index is 555. The summed E-state index contributed by atoms with van der Waals surface area (Å²) in [6, 6.07) is 5.10. The minimum Gasteiger partial charge on any atom is -0.207 e. The molecule has 0 aliphatic carbocycles. The van der Waals surface area contributed by atoms with Gasteiger partial charge in [-0.1, -0.05) is 35.0 Å². The Morgan fingerprint density at radius 1 is 1.39 bits per heavy atom. The van der Waals surface area contributed by atoms with Crippen LogP contribution in [0.4, 0.5) is 0 Å². The van der Waals surface area contributed by atoms with E-state index in [4.69, 9.17) is 0 Å². The number of likely N-dealkylation sites (N-methyl/N-ethyl adjacent to an activating group) is 1. The third-order valence-electron chi connectivity index (χ3n) is 2.31. The highest BCUT2D eigenvalue weighted by molar-refractivity contribution is 9.11. The van der Waals surface area contributed by atoms with Gasteiger partial charge >= 0.3 is 0 Å². The lowest BCUT2D eigenvalue weighted by atomic mass is 10.3. The van der Waals surface area contributed by atoms with E-state index >= 15 is 0 Å². The van der Waals surface area contributed by atoms with Crippen molar-refractivity contribution >= 4 is 41.9 Å². The maximum absolute atomic E-state index is 12.5. The maximum atomic E-state index is 12.5. The zero-order valence-electron chi connectivity index (χ0n) is 10.3. The number of rotatable bonds is 5. The van der Waals surface area contributed by atoms with Crippen LogP contribution in [0.5, 0.6) is 0 Å². The first-order chi connectivity index (χ1) is 8.28. The molecule has 0 heterocycles. The van der Waals surface area contributed by atoms with Crippen molar-refractivity contribution in [3.63, 3.8) is 0 Å². The first-order valence-corrected chi connectivity index (χ1v) is 8.41. The Hall–Kier alpha value is -0.170. The van der Waals surface area contributed by atoms with Crippen LogP contribution in [0.3, 0.4) is 0 Å². The molecule has 1 aromatic carbocycles. The maximum Gasteiger partial charge on any atom is 0.244 e. The van der Waals surface area contributed by atoms with E-state index < -0.39 is 10.0 Å². The van der Waals surface area contributed by atoms with Crippen molar-refractivity contribution in [3.8, 4) is 0 Å². The van der Waals surface area contributed by atoms with Gasteiger partial charge in [-0.05, 0) is 41.1 Å². The quantitative estimate of drug-likeness (QED) is 0.710. The summed E-state index contributed by atoms with van der Waals surface area (Å²) in [5.41, 5.74) is 0.812. The number of nitrogens with zero attached hydrogens (tertiary/aromatic N) is 1. The molecule has 0 N–H and O–H groups in total. The molecule has 0 bridgehead atoms. The van der Waals surface area contributed by atoms with E-state index in [-0.39, 0.29) is 4.90 Å². The Balaban J connectivity index is 3.26. The molecular formula is C12H15Br2NO2S. The second-order valence-electron chi connectivity index (χ2n) is 3.96. The van der Waals surface area contributed by atoms with Gasteiger partial charge in [0.05, 0.1) is 4.90 Å². The first kappa shape index (κ1) is 15.9. The molecule has 0 spiro atoms. The average molecular weight is 397 g/mol. The van der Waals surface area contributed by atoms with Crippen LogP contribution >= 0.6 is 31.9 Å². The fourth-order valence-electron chi connectivity index (χ4n) is 1.48. The minimum absolute atomic E-state index is 0.264. The fourth-order valence-corrected chi connectivity index (χ4v) is 4.45. The number of benzene rings is 1. The summed E-state index contributed by atoms with van der Waals surface area (Å²) in [6.07, 6.45) is 0. The monoisotopic (exact) mass is 395 g/mol. The highest BCUT2D eigenvalue weighted by Crippen LogP contribution is 2.28. The summed E-state index contributed by atoms with van der Waals surface area (Å²) in [5.74, 6) is 0. The van der Waals surface area contributed by atoms with Crippen LogP contribution in [-0.2, 0) is 10.0 Å². The zero-order valence-corrected chi connectivity index (χ0v) is 14.3. The predicted molar refractivity (Wildman–Crippen MR) is 81.1 cm³/mol. The lowest BCUT2D eigenvalue weighted by Crippen LogP contribution is -2.32. The molecule has 0 aliphatic heterocycles. The lowest BCUT2D eigenvalue weighted by molar-refractivity contribution is 0.452. The molecule has 0 aliphatic rings. The van der Waals surface area contributed by atoms with E-state index in [0.717, 1.165) is 10.0 Å². The highest BCUT2D eigenvalue weighted by atomic mass is 79.9. The number of halogens is 2. The first-order valence-electron chi connectivity index (χ1n) is 5.38. The molecule has 0 saturated heterocycles. The number of hydrogen-bond acceptors (Lipinski definition) is 2. The molecule has 18 heavy (non-hydrogen) atoms. The van der Waals surface area contributed by atoms with Gasteiger partial charge in [0.1, 0.15) is 0 Å². The zero-order chi connectivity index (χ0) is 13.9. The van der Waals surface area contributed by atoms with E-state index in [0.29, 0.717) is 17.6 Å². The van der Waals surface area contributed by atoms with Crippen LogP contribution < -0.4 is 0 Å². The molecule has 100 valence electrons. The highest BCUT2D eigenvalue weighted by Gasteiger charge is 2.25. The van der Waals surface area contributed by atoms with Crippen LogP contribution in [-0.4, -0.2) is 25.8 Å². The Morgan fingerprint density at radius 3 is 2.50 bits per heavy atom. The summed E-state index contributed by atoms with van der Waals surface area (Å²) in [4.78, 5) is 0.264. The van der Waals surface area contributed by atoms with Crippen molar-refractivity contribution in [3.05, 3.63) is 39.3 Å². The molecule has 0 radical (unpaired) electrons. The largest absolute Gasteiger partial charge is 0.244 e. The molecule has 0 fully saturated rings. The average Bonchev–Trinajstić information content (AvgIpc) is 2.28. The Morgan fingerprint density at radius 2 is 2.00 bits per heavy atom. The SMILES string of the molecule is C=C(C)CN(CC)S(=O)(=O)c1cc(Br)ccc1Br. The Labute approximate surface area is 125 Å². The fraction of sp³-hybridized carbons (Fsp3) is 0.333. The topological polar surface area (TPSA) is 37.4 Å². The van der Waals surface area contributed by atoms with E-state index in [1.54, 1.807) is 18.2 Å². The van der Waals surface area contributed by atoms with Crippen LogP contribution in [0.25, 0.3) is 0 Å². The molecular weight excluding hydrogens is 382 g/mol. The van der Waals surface area contributed by atoms with Crippen molar-refractivity contribution in [1.29, 1.82) is 0 Å². The molecule has 0 saturated carbocycles. The second kappa shape index (κ2) is 6.32. The van der Waals surface area contributed by atoms with Gasteiger partial charge in [-0.3, -0.25) is 0 Å². The van der Waals surface area contributed by atoms with Gasteiger partial charge in [-0.15, -0.1) is 0 Å². The van der Waals surface area contributed by atoms with E-state index in [2.05, 4.69) is 38.4 Å². The normalized spacial score (nSPS) is 11.8. The third kappa shape index (κ3) is 3.66. The Kier molecular flexibility index (Phi) is 5.58. The second-order valence-corrected chi connectivity index (χ2v) is 7.64. The van der Waals surface area contributed by atoms with E-state index in [1.165, 1.54) is 4.31 Å². The smallest absolute Gasteiger partial charge is 0.207 e. The molecule has 0 unspecified atom stereocenters. The van der Waals surface area contributed by atoms with Crippen molar-refractivity contribution in [1.82, 2.24) is 4.31 Å². The lowest BCUT2D eigenvalue weighted by Gasteiger charge is -2.21. The van der Waals surface area contributed by atoms with Crippen molar-refractivity contribution in [2.75, 3.05) is 13.1 Å². The summed E-state index contributed by atoms with van der Waals surface area (Å²) in [7, 11) is -3.50. The molecule has 1 rings (SSSR count). The van der Waals surface area contributed by atoms with Crippen molar-refractivity contribution in [2.45, 2.75) is 18.7 Å². The molecule has 0 atom stereocenters. The number of hydrogen-bond donors (Lipinski definition) is 0. The summed E-state index contributed by atoms with van der Waals surface area (Å²) < 4.78 is 27.7. The van der Waals surface area contributed by atoms with Crippen LogP contribution in [0, 0.1) is 0 Å². The molecule has 3 nitrogen and oxygen atoms in total. The standard InChI is InChI=1S/C12H15Br2NO2S/c1-4-15(8-9(2)3)18(16,17)12-7-10(13)5-6-11(12)14/h5-7H,2,4,8H2,1,3H3. The van der Waals surface area contributed by atoms with E-state index in [9.17, 15) is 8.42 Å². The summed E-state index contributed by atoms with van der Waals surface area (Å²) in [5, 5.41) is 0. The van der Waals surface area contributed by atoms with Crippen LogP contribution in [0.15, 0.2) is 44.2 Å². The summed E-state index contributed by atoms with van der Waals surface area (Å²) in [6.45, 7) is 8.13. The van der Waals surface area contributed by atoms with Crippen LogP contribution in [0.1, 0.15) is 13.8 Å². The predicted octanol–water partition coefficient (Wildman–Crippen LogP) is 3.80. The van der Waals surface area contributed by atoms with Gasteiger partial charge in [0.25, 0.3) is 0 Å². The van der Waals surface area contributed by atoms with Crippen LogP contribution in [0.2, 0.25) is 0 Å². The van der Waals surface area contributed by atoms with Gasteiger partial charge in [0, 0.05) is 22.0 Å².